The number of aliphatic hydroxyl groups is 1. The van der Waals surface area contributed by atoms with Crippen molar-refractivity contribution in [2.24, 2.45) is 0 Å². The molecule has 0 atom stereocenters. The molecule has 0 saturated heterocycles. The normalized spacial score (nSPS) is 11.7. The lowest BCUT2D eigenvalue weighted by atomic mass is 10.1. The Morgan fingerprint density at radius 2 is 2.14 bits per heavy atom. The predicted molar refractivity (Wildman–Crippen MR) is 75.2 cm³/mol. The molecular formula is C14H14N6O. The molecule has 3 heterocycles. The van der Waals surface area contributed by atoms with Crippen LogP contribution in [0.25, 0.3) is 17.0 Å². The van der Waals surface area contributed by atoms with Gasteiger partial charge in [-0.25, -0.2) is 14.5 Å². The third-order valence-electron chi connectivity index (χ3n) is 3.01. The third kappa shape index (κ3) is 2.49. The van der Waals surface area contributed by atoms with Crippen molar-refractivity contribution in [1.29, 1.82) is 5.26 Å². The zero-order chi connectivity index (χ0) is 15.0. The van der Waals surface area contributed by atoms with Crippen molar-refractivity contribution < 1.29 is 5.11 Å². The maximum absolute atomic E-state index is 9.95. The molecule has 7 nitrogen and oxygen atoms in total. The Hall–Kier alpha value is -2.72. The summed E-state index contributed by atoms with van der Waals surface area (Å²) in [6.07, 6.45) is 4.82. The van der Waals surface area contributed by atoms with E-state index in [1.807, 2.05) is 10.6 Å². The lowest BCUT2D eigenvalue weighted by molar-refractivity contribution is 0.0619. The van der Waals surface area contributed by atoms with E-state index >= 15 is 0 Å². The SMILES string of the molecule is CC(C)(O)Cn1cncc1-c1ccc2ncc(C#N)n2n1. The lowest BCUT2D eigenvalue weighted by Crippen LogP contribution is -2.26. The van der Waals surface area contributed by atoms with Crippen LogP contribution in [0.2, 0.25) is 0 Å². The standard InChI is InChI=1S/C14H14N6O/c1-14(2,21)8-19-9-16-7-12(19)11-3-4-13-17-6-10(5-15)20(13)18-11/h3-4,6-7,9,21H,8H2,1-2H3. The van der Waals surface area contributed by atoms with Gasteiger partial charge in [0.1, 0.15) is 11.8 Å². The summed E-state index contributed by atoms with van der Waals surface area (Å²) >= 11 is 0. The maximum atomic E-state index is 9.95. The van der Waals surface area contributed by atoms with Crippen LogP contribution >= 0.6 is 0 Å². The van der Waals surface area contributed by atoms with E-state index in [0.717, 1.165) is 5.69 Å². The molecular weight excluding hydrogens is 268 g/mol. The molecule has 0 aliphatic carbocycles. The van der Waals surface area contributed by atoms with Crippen molar-refractivity contribution >= 4 is 5.65 Å². The highest BCUT2D eigenvalue weighted by molar-refractivity contribution is 5.56. The predicted octanol–water partition coefficient (Wildman–Crippen LogP) is 1.24. The number of nitriles is 1. The molecule has 0 radical (unpaired) electrons. The molecule has 0 aromatic carbocycles. The van der Waals surface area contributed by atoms with Crippen LogP contribution in [0, 0.1) is 11.3 Å². The molecule has 0 unspecified atom stereocenters. The fraction of sp³-hybridized carbons (Fsp3) is 0.286. The van der Waals surface area contributed by atoms with Crippen LogP contribution < -0.4 is 0 Å². The van der Waals surface area contributed by atoms with Gasteiger partial charge in [0, 0.05) is 0 Å². The molecule has 7 heteroatoms. The van der Waals surface area contributed by atoms with E-state index in [0.29, 0.717) is 23.6 Å². The Bertz CT molecular complexity index is 833. The molecule has 106 valence electrons. The average Bonchev–Trinajstić information content (AvgIpc) is 3.02. The van der Waals surface area contributed by atoms with Crippen molar-refractivity contribution in [1.82, 2.24) is 24.1 Å². The highest BCUT2D eigenvalue weighted by Crippen LogP contribution is 2.19. The van der Waals surface area contributed by atoms with E-state index in [9.17, 15) is 5.11 Å². The van der Waals surface area contributed by atoms with E-state index in [-0.39, 0.29) is 0 Å². The van der Waals surface area contributed by atoms with Gasteiger partial charge in [-0.05, 0) is 26.0 Å². The van der Waals surface area contributed by atoms with Gasteiger partial charge in [-0.3, -0.25) is 0 Å². The van der Waals surface area contributed by atoms with Crippen molar-refractivity contribution in [2.45, 2.75) is 26.0 Å². The minimum atomic E-state index is -0.855. The maximum Gasteiger partial charge on any atom is 0.162 e. The molecule has 0 bridgehead atoms. The number of hydrogen-bond donors (Lipinski definition) is 1. The van der Waals surface area contributed by atoms with Gasteiger partial charge in [-0.2, -0.15) is 10.4 Å². The van der Waals surface area contributed by atoms with Gasteiger partial charge < -0.3 is 9.67 Å². The monoisotopic (exact) mass is 282 g/mol. The van der Waals surface area contributed by atoms with Crippen LogP contribution in [0.3, 0.4) is 0 Å². The zero-order valence-corrected chi connectivity index (χ0v) is 11.7. The second-order valence-corrected chi connectivity index (χ2v) is 5.46. The summed E-state index contributed by atoms with van der Waals surface area (Å²) in [5, 5.41) is 23.4. The highest BCUT2D eigenvalue weighted by atomic mass is 16.3. The van der Waals surface area contributed by atoms with Gasteiger partial charge in [-0.1, -0.05) is 0 Å². The van der Waals surface area contributed by atoms with Crippen molar-refractivity contribution in [3.8, 4) is 17.5 Å². The molecule has 1 N–H and O–H groups in total. The fourth-order valence-electron chi connectivity index (χ4n) is 2.16. The topological polar surface area (TPSA) is 92.0 Å². The molecule has 0 aliphatic rings. The molecule has 21 heavy (non-hydrogen) atoms. The second kappa shape index (κ2) is 4.68. The summed E-state index contributed by atoms with van der Waals surface area (Å²) in [6, 6.07) is 5.67. The number of nitrogens with zero attached hydrogens (tertiary/aromatic N) is 6. The summed E-state index contributed by atoms with van der Waals surface area (Å²) in [7, 11) is 0. The van der Waals surface area contributed by atoms with Crippen LogP contribution in [0.1, 0.15) is 19.5 Å². The third-order valence-corrected chi connectivity index (χ3v) is 3.01. The summed E-state index contributed by atoms with van der Waals surface area (Å²) in [4.78, 5) is 8.22. The first-order chi connectivity index (χ1) is 9.98. The van der Waals surface area contributed by atoms with E-state index in [4.69, 9.17) is 5.26 Å². The Morgan fingerprint density at radius 1 is 1.33 bits per heavy atom. The van der Waals surface area contributed by atoms with Crippen LogP contribution in [0.15, 0.2) is 30.9 Å². The van der Waals surface area contributed by atoms with Gasteiger partial charge in [0.2, 0.25) is 0 Å². The average molecular weight is 282 g/mol. The van der Waals surface area contributed by atoms with Gasteiger partial charge in [0.25, 0.3) is 0 Å². The van der Waals surface area contributed by atoms with E-state index in [2.05, 4.69) is 21.1 Å². The molecule has 3 aromatic heterocycles. The zero-order valence-electron chi connectivity index (χ0n) is 11.7. The Kier molecular flexibility index (Phi) is 2.96. The molecule has 0 saturated carbocycles. The number of rotatable bonds is 3. The van der Waals surface area contributed by atoms with E-state index in [1.165, 1.54) is 10.7 Å². The first-order valence-corrected chi connectivity index (χ1v) is 6.46. The van der Waals surface area contributed by atoms with Crippen LogP contribution in [0.4, 0.5) is 0 Å². The summed E-state index contributed by atoms with van der Waals surface area (Å²) < 4.78 is 3.33. The second-order valence-electron chi connectivity index (χ2n) is 5.46. The lowest BCUT2D eigenvalue weighted by Gasteiger charge is -2.19. The molecule has 0 amide bonds. The summed E-state index contributed by atoms with van der Waals surface area (Å²) in [5.74, 6) is 0. The highest BCUT2D eigenvalue weighted by Gasteiger charge is 2.17. The van der Waals surface area contributed by atoms with Crippen molar-refractivity contribution in [2.75, 3.05) is 0 Å². The molecule has 0 aliphatic heterocycles. The Labute approximate surface area is 121 Å². The number of fused-ring (bicyclic) bond motifs is 1. The minimum absolute atomic E-state index is 0.375. The number of aromatic nitrogens is 5. The molecule has 3 rings (SSSR count). The first kappa shape index (κ1) is 13.3. The van der Waals surface area contributed by atoms with Crippen LogP contribution in [-0.2, 0) is 6.54 Å². The molecule has 0 fully saturated rings. The molecule has 0 spiro atoms. The van der Waals surface area contributed by atoms with Crippen LogP contribution in [-0.4, -0.2) is 34.9 Å². The van der Waals surface area contributed by atoms with Gasteiger partial charge in [0.15, 0.2) is 11.3 Å². The number of imidazole rings is 2. The Morgan fingerprint density at radius 3 is 2.86 bits per heavy atom. The minimum Gasteiger partial charge on any atom is -0.389 e. The van der Waals surface area contributed by atoms with Crippen molar-refractivity contribution in [3.63, 3.8) is 0 Å². The van der Waals surface area contributed by atoms with Gasteiger partial charge >= 0.3 is 0 Å². The van der Waals surface area contributed by atoms with E-state index < -0.39 is 5.60 Å². The summed E-state index contributed by atoms with van der Waals surface area (Å²) in [6.45, 7) is 3.87. The van der Waals surface area contributed by atoms with Gasteiger partial charge in [-0.15, -0.1) is 0 Å². The van der Waals surface area contributed by atoms with E-state index in [1.54, 1.807) is 32.4 Å². The first-order valence-electron chi connectivity index (χ1n) is 6.46. The van der Waals surface area contributed by atoms with Crippen LogP contribution in [0.5, 0.6) is 0 Å². The summed E-state index contributed by atoms with van der Waals surface area (Å²) in [5.41, 5.74) is 1.58. The molecule has 3 aromatic rings. The number of hydrogen-bond acceptors (Lipinski definition) is 5. The van der Waals surface area contributed by atoms with Gasteiger partial charge in [0.05, 0.1) is 36.6 Å². The van der Waals surface area contributed by atoms with Crippen molar-refractivity contribution in [3.05, 3.63) is 36.5 Å². The quantitative estimate of drug-likeness (QED) is 0.780. The Balaban J connectivity index is 2.09. The fourth-order valence-corrected chi connectivity index (χ4v) is 2.16. The largest absolute Gasteiger partial charge is 0.389 e. The smallest absolute Gasteiger partial charge is 0.162 e.